The van der Waals surface area contributed by atoms with E-state index in [1.165, 1.54) is 25.8 Å². The Morgan fingerprint density at radius 2 is 2.06 bits per heavy atom. The van der Waals surface area contributed by atoms with Crippen LogP contribution in [-0.2, 0) is 9.84 Å². The number of nitrogens with one attached hydrogen (secondary N) is 1. The van der Waals surface area contributed by atoms with Gasteiger partial charge in [0.1, 0.15) is 0 Å². The van der Waals surface area contributed by atoms with Crippen LogP contribution in [0.1, 0.15) is 25.7 Å². The van der Waals surface area contributed by atoms with Gasteiger partial charge in [-0.05, 0) is 58.3 Å². The highest BCUT2D eigenvalue weighted by atomic mass is 32.2. The molecule has 2 rings (SSSR count). The summed E-state index contributed by atoms with van der Waals surface area (Å²) in [7, 11) is -0.540. The van der Waals surface area contributed by atoms with E-state index in [0.29, 0.717) is 23.5 Å². The van der Waals surface area contributed by atoms with Crippen LogP contribution in [0.2, 0.25) is 0 Å². The summed E-state index contributed by atoms with van der Waals surface area (Å²) in [6.45, 7) is 3.23. The monoisotopic (exact) mass is 260 g/mol. The molecular weight excluding hydrogens is 236 g/mol. The molecule has 100 valence electrons. The van der Waals surface area contributed by atoms with Crippen LogP contribution < -0.4 is 5.32 Å². The zero-order chi connectivity index (χ0) is 12.3. The van der Waals surface area contributed by atoms with Gasteiger partial charge in [0.25, 0.3) is 0 Å². The minimum absolute atomic E-state index is 0.348. The summed E-state index contributed by atoms with van der Waals surface area (Å²) in [6, 6.07) is 0.586. The van der Waals surface area contributed by atoms with Crippen LogP contribution in [0.15, 0.2) is 0 Å². The minimum Gasteiger partial charge on any atom is -0.314 e. The first-order valence-corrected chi connectivity index (χ1v) is 8.50. The zero-order valence-corrected chi connectivity index (χ0v) is 11.5. The highest BCUT2D eigenvalue weighted by Crippen LogP contribution is 2.18. The molecule has 1 N–H and O–H groups in total. The minimum atomic E-state index is -2.71. The Kier molecular flexibility index (Phi) is 4.44. The normalized spacial score (nSPS) is 34.6. The molecule has 2 aliphatic rings. The summed E-state index contributed by atoms with van der Waals surface area (Å²) in [4.78, 5) is 2.38. The maximum atomic E-state index is 11.4. The van der Waals surface area contributed by atoms with Crippen molar-refractivity contribution in [3.8, 4) is 0 Å². The van der Waals surface area contributed by atoms with Gasteiger partial charge in [-0.2, -0.15) is 0 Å². The third-order valence-corrected chi connectivity index (χ3v) is 5.81. The zero-order valence-electron chi connectivity index (χ0n) is 10.7. The fourth-order valence-electron chi connectivity index (χ4n) is 2.81. The van der Waals surface area contributed by atoms with E-state index in [1.807, 2.05) is 0 Å². The number of sulfone groups is 1. The number of nitrogens with zero attached hydrogens (tertiary/aromatic N) is 1. The highest BCUT2D eigenvalue weighted by Gasteiger charge is 2.28. The Morgan fingerprint density at radius 1 is 1.24 bits per heavy atom. The van der Waals surface area contributed by atoms with Crippen molar-refractivity contribution < 1.29 is 8.42 Å². The molecule has 2 saturated heterocycles. The first-order chi connectivity index (χ1) is 8.05. The van der Waals surface area contributed by atoms with E-state index >= 15 is 0 Å². The van der Waals surface area contributed by atoms with E-state index in [0.717, 1.165) is 19.5 Å². The van der Waals surface area contributed by atoms with Crippen molar-refractivity contribution in [2.24, 2.45) is 5.92 Å². The molecule has 2 unspecified atom stereocenters. The lowest BCUT2D eigenvalue weighted by atomic mass is 10.1. The van der Waals surface area contributed by atoms with Crippen molar-refractivity contribution in [3.05, 3.63) is 0 Å². The van der Waals surface area contributed by atoms with Gasteiger partial charge in [0, 0.05) is 6.04 Å². The lowest BCUT2D eigenvalue weighted by Gasteiger charge is -2.18. The topological polar surface area (TPSA) is 49.4 Å². The SMILES string of the molecule is CN1CCCC(NCC2CCS(=O)(=O)C2)CC1. The summed E-state index contributed by atoms with van der Waals surface area (Å²) in [5, 5.41) is 3.57. The highest BCUT2D eigenvalue weighted by molar-refractivity contribution is 7.91. The van der Waals surface area contributed by atoms with Crippen molar-refractivity contribution in [2.75, 3.05) is 38.2 Å². The van der Waals surface area contributed by atoms with Crippen molar-refractivity contribution in [1.82, 2.24) is 10.2 Å². The summed E-state index contributed by atoms with van der Waals surface area (Å²) < 4.78 is 22.7. The standard InChI is InChI=1S/C12H24N2O2S/c1-14-6-2-3-12(4-7-14)13-9-11-5-8-17(15,16)10-11/h11-13H,2-10H2,1H3. The number of likely N-dealkylation sites (tertiary alicyclic amines) is 1. The third kappa shape index (κ3) is 4.23. The largest absolute Gasteiger partial charge is 0.314 e. The Morgan fingerprint density at radius 3 is 2.76 bits per heavy atom. The molecular formula is C12H24N2O2S. The number of hydrogen-bond donors (Lipinski definition) is 1. The summed E-state index contributed by atoms with van der Waals surface area (Å²) in [5.74, 6) is 1.14. The van der Waals surface area contributed by atoms with E-state index in [2.05, 4.69) is 17.3 Å². The molecule has 2 heterocycles. The van der Waals surface area contributed by atoms with Crippen molar-refractivity contribution in [3.63, 3.8) is 0 Å². The molecule has 0 aromatic carbocycles. The maximum absolute atomic E-state index is 11.4. The molecule has 0 bridgehead atoms. The van der Waals surface area contributed by atoms with E-state index in [4.69, 9.17) is 0 Å². The van der Waals surface area contributed by atoms with Gasteiger partial charge in [-0.3, -0.25) is 0 Å². The van der Waals surface area contributed by atoms with Gasteiger partial charge in [-0.1, -0.05) is 0 Å². The van der Waals surface area contributed by atoms with E-state index in [-0.39, 0.29) is 0 Å². The average molecular weight is 260 g/mol. The molecule has 0 aromatic rings. The van der Waals surface area contributed by atoms with Gasteiger partial charge in [-0.25, -0.2) is 8.42 Å². The number of hydrogen-bond acceptors (Lipinski definition) is 4. The second-order valence-electron chi connectivity index (χ2n) is 5.61. The Bertz CT molecular complexity index is 342. The van der Waals surface area contributed by atoms with Crippen LogP contribution in [0.3, 0.4) is 0 Å². The molecule has 0 amide bonds. The second kappa shape index (κ2) is 5.67. The average Bonchev–Trinajstić information content (AvgIpc) is 2.48. The fraction of sp³-hybridized carbons (Fsp3) is 1.00. The maximum Gasteiger partial charge on any atom is 0.150 e. The smallest absolute Gasteiger partial charge is 0.150 e. The Balaban J connectivity index is 1.71. The van der Waals surface area contributed by atoms with E-state index < -0.39 is 9.84 Å². The predicted molar refractivity (Wildman–Crippen MR) is 69.9 cm³/mol. The summed E-state index contributed by atoms with van der Waals surface area (Å²) in [6.07, 6.45) is 4.51. The van der Waals surface area contributed by atoms with Gasteiger partial charge < -0.3 is 10.2 Å². The van der Waals surface area contributed by atoms with E-state index in [9.17, 15) is 8.42 Å². The molecule has 0 spiro atoms. The first-order valence-electron chi connectivity index (χ1n) is 6.67. The fourth-order valence-corrected chi connectivity index (χ4v) is 4.67. The first kappa shape index (κ1) is 13.3. The van der Waals surface area contributed by atoms with Crippen molar-refractivity contribution >= 4 is 9.84 Å². The van der Waals surface area contributed by atoms with Crippen LogP contribution in [0.25, 0.3) is 0 Å². The lowest BCUT2D eigenvalue weighted by Crippen LogP contribution is -2.34. The van der Waals surface area contributed by atoms with Crippen molar-refractivity contribution in [1.29, 1.82) is 0 Å². The molecule has 17 heavy (non-hydrogen) atoms. The summed E-state index contributed by atoms with van der Waals surface area (Å²) >= 11 is 0. The van der Waals surface area contributed by atoms with Gasteiger partial charge in [0.15, 0.2) is 9.84 Å². The van der Waals surface area contributed by atoms with E-state index in [1.54, 1.807) is 0 Å². The molecule has 5 heteroatoms. The van der Waals surface area contributed by atoms with Crippen LogP contribution in [0, 0.1) is 5.92 Å². The molecule has 2 fully saturated rings. The molecule has 0 aliphatic carbocycles. The van der Waals surface area contributed by atoms with Gasteiger partial charge in [0.05, 0.1) is 11.5 Å². The van der Waals surface area contributed by atoms with Gasteiger partial charge in [-0.15, -0.1) is 0 Å². The molecule has 0 radical (unpaired) electrons. The van der Waals surface area contributed by atoms with Crippen molar-refractivity contribution in [2.45, 2.75) is 31.7 Å². The van der Waals surface area contributed by atoms with Crippen LogP contribution in [-0.4, -0.2) is 57.5 Å². The second-order valence-corrected chi connectivity index (χ2v) is 7.84. The number of rotatable bonds is 3. The van der Waals surface area contributed by atoms with Crippen LogP contribution in [0.5, 0.6) is 0 Å². The molecule has 4 nitrogen and oxygen atoms in total. The quantitative estimate of drug-likeness (QED) is 0.802. The summed E-state index contributed by atoms with van der Waals surface area (Å²) in [5.41, 5.74) is 0. The molecule has 2 atom stereocenters. The lowest BCUT2D eigenvalue weighted by molar-refractivity contribution is 0.341. The molecule has 0 aromatic heterocycles. The Labute approximate surface area is 105 Å². The molecule has 2 aliphatic heterocycles. The van der Waals surface area contributed by atoms with Crippen LogP contribution in [0.4, 0.5) is 0 Å². The van der Waals surface area contributed by atoms with Gasteiger partial charge >= 0.3 is 0 Å². The molecule has 0 saturated carbocycles. The van der Waals surface area contributed by atoms with Gasteiger partial charge in [0.2, 0.25) is 0 Å². The Hall–Kier alpha value is -0.130. The third-order valence-electron chi connectivity index (χ3n) is 3.97. The van der Waals surface area contributed by atoms with Crippen LogP contribution >= 0.6 is 0 Å². The predicted octanol–water partition coefficient (Wildman–Crippen LogP) is 0.495.